The molecular weight excluding hydrogens is 368 g/mol. The van der Waals surface area contributed by atoms with Crippen molar-refractivity contribution in [2.75, 3.05) is 0 Å². The lowest BCUT2D eigenvalue weighted by Gasteiger charge is -2.10. The van der Waals surface area contributed by atoms with E-state index in [9.17, 15) is 10.2 Å². The van der Waals surface area contributed by atoms with E-state index in [0.717, 1.165) is 39.1 Å². The lowest BCUT2D eigenvalue weighted by molar-refractivity contribution is 0.476. The molecule has 0 aliphatic rings. The Morgan fingerprint density at radius 2 is 1.17 bits per heavy atom. The van der Waals surface area contributed by atoms with Crippen molar-refractivity contribution in [2.24, 2.45) is 0 Å². The van der Waals surface area contributed by atoms with Crippen molar-refractivity contribution in [1.29, 1.82) is 0 Å². The molecule has 2 heteroatoms. The highest BCUT2D eigenvalue weighted by molar-refractivity contribution is 5.89. The van der Waals surface area contributed by atoms with E-state index in [4.69, 9.17) is 0 Å². The number of benzene rings is 5. The lowest BCUT2D eigenvalue weighted by Crippen LogP contribution is -1.93. The molecule has 0 spiro atoms. The van der Waals surface area contributed by atoms with Crippen molar-refractivity contribution in [3.63, 3.8) is 0 Å². The molecule has 2 nitrogen and oxygen atoms in total. The Kier molecular flexibility index (Phi) is 4.61. The molecule has 0 atom stereocenters. The van der Waals surface area contributed by atoms with Gasteiger partial charge in [0, 0.05) is 17.2 Å². The maximum absolute atomic E-state index is 10.7. The summed E-state index contributed by atoms with van der Waals surface area (Å²) < 4.78 is 0. The predicted octanol–water partition coefficient (Wildman–Crippen LogP) is 6.59. The standard InChI is InChI=1S/C28H22O2/c29-27-10-4-8-23-12-11-21(18-26(23)27)16-19-5-3-6-20(15-19)17-24-14-13-22-7-1-2-9-25(22)28(24)30/h1-15,18,29-30H,16-17H2. The molecule has 5 aromatic rings. The average molecular weight is 390 g/mol. The van der Waals surface area contributed by atoms with Crippen LogP contribution in [0.3, 0.4) is 0 Å². The van der Waals surface area contributed by atoms with Crippen LogP contribution in [0.2, 0.25) is 0 Å². The van der Waals surface area contributed by atoms with Gasteiger partial charge in [-0.2, -0.15) is 0 Å². The summed E-state index contributed by atoms with van der Waals surface area (Å²) in [5, 5.41) is 24.7. The third kappa shape index (κ3) is 3.48. The van der Waals surface area contributed by atoms with E-state index in [1.54, 1.807) is 6.07 Å². The van der Waals surface area contributed by atoms with Gasteiger partial charge in [-0.15, -0.1) is 0 Å². The first-order valence-electron chi connectivity index (χ1n) is 10.2. The Morgan fingerprint density at radius 1 is 0.500 bits per heavy atom. The molecule has 0 saturated heterocycles. The van der Waals surface area contributed by atoms with E-state index in [2.05, 4.69) is 48.5 Å². The molecule has 0 heterocycles. The molecule has 0 aromatic heterocycles. The summed E-state index contributed by atoms with van der Waals surface area (Å²) in [6.07, 6.45) is 1.48. The van der Waals surface area contributed by atoms with Crippen LogP contribution in [0.4, 0.5) is 0 Å². The second kappa shape index (κ2) is 7.57. The topological polar surface area (TPSA) is 40.5 Å². The zero-order valence-corrected chi connectivity index (χ0v) is 16.5. The number of hydrogen-bond acceptors (Lipinski definition) is 2. The van der Waals surface area contributed by atoms with Crippen molar-refractivity contribution in [3.05, 3.63) is 119 Å². The minimum absolute atomic E-state index is 0.315. The lowest BCUT2D eigenvalue weighted by atomic mass is 9.96. The maximum Gasteiger partial charge on any atom is 0.126 e. The van der Waals surface area contributed by atoms with Gasteiger partial charge in [-0.3, -0.25) is 0 Å². The maximum atomic E-state index is 10.7. The van der Waals surface area contributed by atoms with E-state index in [-0.39, 0.29) is 0 Å². The Labute approximate surface area is 175 Å². The smallest absolute Gasteiger partial charge is 0.126 e. The van der Waals surface area contributed by atoms with Crippen LogP contribution in [0.5, 0.6) is 11.5 Å². The van der Waals surface area contributed by atoms with E-state index < -0.39 is 0 Å². The van der Waals surface area contributed by atoms with Crippen LogP contribution >= 0.6 is 0 Å². The van der Waals surface area contributed by atoms with Gasteiger partial charge in [-0.05, 0) is 51.6 Å². The van der Waals surface area contributed by atoms with Gasteiger partial charge in [0.05, 0.1) is 0 Å². The fourth-order valence-corrected chi connectivity index (χ4v) is 4.16. The fraction of sp³-hybridized carbons (Fsp3) is 0.0714. The zero-order valence-electron chi connectivity index (χ0n) is 16.5. The van der Waals surface area contributed by atoms with Gasteiger partial charge in [0.25, 0.3) is 0 Å². The van der Waals surface area contributed by atoms with Crippen LogP contribution in [0.1, 0.15) is 22.3 Å². The Hall–Kier alpha value is -3.78. The summed E-state index contributed by atoms with van der Waals surface area (Å²) in [7, 11) is 0. The molecule has 5 aromatic carbocycles. The summed E-state index contributed by atoms with van der Waals surface area (Å²) in [4.78, 5) is 0. The molecule has 2 N–H and O–H groups in total. The molecule has 0 radical (unpaired) electrons. The van der Waals surface area contributed by atoms with Crippen molar-refractivity contribution in [2.45, 2.75) is 12.8 Å². The van der Waals surface area contributed by atoms with Crippen LogP contribution in [0.15, 0.2) is 97.1 Å². The minimum atomic E-state index is 0.315. The highest BCUT2D eigenvalue weighted by atomic mass is 16.3. The first-order valence-corrected chi connectivity index (χ1v) is 10.2. The summed E-state index contributed by atoms with van der Waals surface area (Å²) in [5.41, 5.74) is 4.47. The monoisotopic (exact) mass is 390 g/mol. The number of aromatic hydroxyl groups is 2. The van der Waals surface area contributed by atoms with E-state index in [1.807, 2.05) is 42.5 Å². The fourth-order valence-electron chi connectivity index (χ4n) is 4.16. The number of phenolic OH excluding ortho intramolecular Hbond substituents is 2. The Bertz CT molecular complexity index is 1370. The van der Waals surface area contributed by atoms with Gasteiger partial charge in [-0.1, -0.05) is 84.9 Å². The normalized spacial score (nSPS) is 11.2. The van der Waals surface area contributed by atoms with Crippen LogP contribution in [0.25, 0.3) is 21.5 Å². The summed E-state index contributed by atoms with van der Waals surface area (Å²) in [6, 6.07) is 32.3. The molecule has 146 valence electrons. The molecule has 0 aliphatic heterocycles. The molecule has 5 rings (SSSR count). The molecule has 0 unspecified atom stereocenters. The SMILES string of the molecule is Oc1cccc2ccc(Cc3cccc(Cc4ccc5ccccc5c4O)c3)cc12. The number of hydrogen-bond donors (Lipinski definition) is 2. The molecule has 0 saturated carbocycles. The van der Waals surface area contributed by atoms with Gasteiger partial charge in [0.1, 0.15) is 11.5 Å². The third-order valence-corrected chi connectivity index (χ3v) is 5.70. The summed E-state index contributed by atoms with van der Waals surface area (Å²) >= 11 is 0. The predicted molar refractivity (Wildman–Crippen MR) is 123 cm³/mol. The van der Waals surface area contributed by atoms with Crippen molar-refractivity contribution in [1.82, 2.24) is 0 Å². The minimum Gasteiger partial charge on any atom is -0.507 e. The highest BCUT2D eigenvalue weighted by Crippen LogP contribution is 2.31. The van der Waals surface area contributed by atoms with Gasteiger partial charge in [0.15, 0.2) is 0 Å². The first kappa shape index (κ1) is 18.3. The Morgan fingerprint density at radius 3 is 2.07 bits per heavy atom. The largest absolute Gasteiger partial charge is 0.507 e. The number of rotatable bonds is 4. The summed E-state index contributed by atoms with van der Waals surface area (Å²) in [5.74, 6) is 0.679. The van der Waals surface area contributed by atoms with Crippen molar-refractivity contribution < 1.29 is 10.2 Å². The van der Waals surface area contributed by atoms with Crippen molar-refractivity contribution >= 4 is 21.5 Å². The zero-order chi connectivity index (χ0) is 20.5. The first-order chi connectivity index (χ1) is 14.7. The summed E-state index contributed by atoms with van der Waals surface area (Å²) in [6.45, 7) is 0. The number of phenols is 2. The number of fused-ring (bicyclic) bond motifs is 2. The van der Waals surface area contributed by atoms with Gasteiger partial charge < -0.3 is 10.2 Å². The van der Waals surface area contributed by atoms with Crippen molar-refractivity contribution in [3.8, 4) is 11.5 Å². The molecular formula is C28H22O2. The second-order valence-electron chi connectivity index (χ2n) is 7.80. The van der Waals surface area contributed by atoms with E-state index in [0.29, 0.717) is 17.9 Å². The second-order valence-corrected chi connectivity index (χ2v) is 7.80. The van der Waals surface area contributed by atoms with E-state index in [1.165, 1.54) is 11.1 Å². The van der Waals surface area contributed by atoms with Crippen LogP contribution < -0.4 is 0 Å². The molecule has 30 heavy (non-hydrogen) atoms. The van der Waals surface area contributed by atoms with Gasteiger partial charge in [-0.25, -0.2) is 0 Å². The quantitative estimate of drug-likeness (QED) is 0.364. The molecule has 0 aliphatic carbocycles. The average Bonchev–Trinajstić information content (AvgIpc) is 2.77. The molecule has 0 bridgehead atoms. The van der Waals surface area contributed by atoms with Crippen LogP contribution in [0, 0.1) is 0 Å². The molecule has 0 fully saturated rings. The highest BCUT2D eigenvalue weighted by Gasteiger charge is 2.08. The molecule has 0 amide bonds. The Balaban J connectivity index is 1.42. The van der Waals surface area contributed by atoms with Gasteiger partial charge in [0.2, 0.25) is 0 Å². The van der Waals surface area contributed by atoms with Gasteiger partial charge >= 0.3 is 0 Å². The van der Waals surface area contributed by atoms with E-state index >= 15 is 0 Å². The van der Waals surface area contributed by atoms with Crippen LogP contribution in [-0.2, 0) is 12.8 Å². The van der Waals surface area contributed by atoms with Crippen LogP contribution in [-0.4, -0.2) is 10.2 Å². The third-order valence-electron chi connectivity index (χ3n) is 5.70.